The Labute approximate surface area is 189 Å². The molecule has 0 atom stereocenters. The zero-order valence-electron chi connectivity index (χ0n) is 18.9. The molecule has 3 aromatic carbocycles. The summed E-state index contributed by atoms with van der Waals surface area (Å²) in [7, 11) is 4.82. The minimum atomic E-state index is -0.148. The zero-order chi connectivity index (χ0) is 22.9. The van der Waals surface area contributed by atoms with Crippen molar-refractivity contribution in [3.05, 3.63) is 82.9 Å². The Bertz CT molecular complexity index is 1060. The second-order valence-corrected chi connectivity index (χ2v) is 7.28. The molecule has 0 bridgehead atoms. The van der Waals surface area contributed by atoms with Crippen LogP contribution in [0.15, 0.2) is 60.7 Å². The fourth-order valence-electron chi connectivity index (χ4n) is 3.37. The van der Waals surface area contributed by atoms with Gasteiger partial charge in [-0.25, -0.2) is 0 Å². The smallest absolute Gasteiger partial charge is 0.251 e. The summed E-state index contributed by atoms with van der Waals surface area (Å²) in [5.74, 6) is 2.69. The lowest BCUT2D eigenvalue weighted by Crippen LogP contribution is -2.25. The van der Waals surface area contributed by atoms with E-state index >= 15 is 0 Å². The summed E-state index contributed by atoms with van der Waals surface area (Å²) in [6, 6.07) is 18.9. The highest BCUT2D eigenvalue weighted by Gasteiger charge is 2.12. The summed E-state index contributed by atoms with van der Waals surface area (Å²) in [4.78, 5) is 12.7. The number of nitrogens with one attached hydrogen (secondary N) is 1. The first-order chi connectivity index (χ1) is 15.5. The molecule has 3 rings (SSSR count). The van der Waals surface area contributed by atoms with Crippen LogP contribution in [-0.4, -0.2) is 33.8 Å². The molecule has 6 nitrogen and oxygen atoms in total. The highest BCUT2D eigenvalue weighted by atomic mass is 16.5. The molecule has 0 unspecified atom stereocenters. The van der Waals surface area contributed by atoms with E-state index in [4.69, 9.17) is 18.9 Å². The molecule has 0 fully saturated rings. The van der Waals surface area contributed by atoms with Gasteiger partial charge in [-0.15, -0.1) is 0 Å². The van der Waals surface area contributed by atoms with Crippen LogP contribution in [0, 0.1) is 6.92 Å². The maximum absolute atomic E-state index is 12.7. The van der Waals surface area contributed by atoms with Crippen molar-refractivity contribution in [1.29, 1.82) is 0 Å². The maximum atomic E-state index is 12.7. The Morgan fingerprint density at radius 3 is 2.25 bits per heavy atom. The van der Waals surface area contributed by atoms with Crippen LogP contribution < -0.4 is 24.3 Å². The summed E-state index contributed by atoms with van der Waals surface area (Å²) in [5.41, 5.74) is 3.46. The Morgan fingerprint density at radius 2 is 1.53 bits per heavy atom. The molecular formula is C26H29NO5. The number of carbonyl (C=O) groups is 1. The van der Waals surface area contributed by atoms with Crippen molar-refractivity contribution >= 4 is 5.91 Å². The van der Waals surface area contributed by atoms with Gasteiger partial charge >= 0.3 is 0 Å². The van der Waals surface area contributed by atoms with Crippen molar-refractivity contribution < 1.29 is 23.7 Å². The summed E-state index contributed by atoms with van der Waals surface area (Å²) in [5, 5.41) is 2.97. The van der Waals surface area contributed by atoms with Gasteiger partial charge < -0.3 is 24.3 Å². The molecule has 0 saturated heterocycles. The van der Waals surface area contributed by atoms with E-state index in [2.05, 4.69) is 5.32 Å². The van der Waals surface area contributed by atoms with Gasteiger partial charge in [-0.1, -0.05) is 24.3 Å². The minimum absolute atomic E-state index is 0.148. The van der Waals surface area contributed by atoms with Crippen molar-refractivity contribution in [2.24, 2.45) is 0 Å². The van der Waals surface area contributed by atoms with Crippen LogP contribution in [0.4, 0.5) is 0 Å². The van der Waals surface area contributed by atoms with Crippen molar-refractivity contribution in [2.45, 2.75) is 20.0 Å². The molecule has 6 heteroatoms. The quantitative estimate of drug-likeness (QED) is 0.505. The number of hydrogen-bond acceptors (Lipinski definition) is 5. The lowest BCUT2D eigenvalue weighted by atomic mass is 10.1. The zero-order valence-corrected chi connectivity index (χ0v) is 18.9. The van der Waals surface area contributed by atoms with E-state index in [9.17, 15) is 4.79 Å². The number of carbonyl (C=O) groups excluding carboxylic acids is 1. The van der Waals surface area contributed by atoms with E-state index in [1.165, 1.54) is 0 Å². The molecule has 0 aliphatic rings. The number of benzene rings is 3. The molecule has 3 aromatic rings. The van der Waals surface area contributed by atoms with Crippen LogP contribution in [0.3, 0.4) is 0 Å². The second-order valence-electron chi connectivity index (χ2n) is 7.28. The predicted molar refractivity (Wildman–Crippen MR) is 124 cm³/mol. The molecule has 0 aliphatic heterocycles. The first kappa shape index (κ1) is 23.0. The minimum Gasteiger partial charge on any atom is -0.496 e. The summed E-state index contributed by atoms with van der Waals surface area (Å²) < 4.78 is 22.0. The fourth-order valence-corrected chi connectivity index (χ4v) is 3.37. The summed E-state index contributed by atoms with van der Waals surface area (Å²) in [6.07, 6.45) is 0.672. The molecular weight excluding hydrogens is 406 g/mol. The van der Waals surface area contributed by atoms with E-state index in [0.29, 0.717) is 42.4 Å². The van der Waals surface area contributed by atoms with Crippen LogP contribution in [0.25, 0.3) is 0 Å². The highest BCUT2D eigenvalue weighted by molar-refractivity contribution is 5.94. The largest absolute Gasteiger partial charge is 0.496 e. The normalized spacial score (nSPS) is 10.4. The molecule has 0 aromatic heterocycles. The van der Waals surface area contributed by atoms with Gasteiger partial charge in [0, 0.05) is 17.7 Å². The molecule has 0 radical (unpaired) electrons. The van der Waals surface area contributed by atoms with Crippen LogP contribution in [0.1, 0.15) is 27.0 Å². The van der Waals surface area contributed by atoms with Gasteiger partial charge in [-0.2, -0.15) is 0 Å². The molecule has 1 N–H and O–H groups in total. The number of methoxy groups -OCH3 is 3. The molecule has 0 heterocycles. The Balaban J connectivity index is 1.62. The van der Waals surface area contributed by atoms with Gasteiger partial charge in [0.15, 0.2) is 11.5 Å². The molecule has 1 amide bonds. The van der Waals surface area contributed by atoms with Gasteiger partial charge in [0.1, 0.15) is 18.1 Å². The topological polar surface area (TPSA) is 66.0 Å². The fraction of sp³-hybridized carbons (Fsp3) is 0.269. The second kappa shape index (κ2) is 11.1. The van der Waals surface area contributed by atoms with Crippen LogP contribution >= 0.6 is 0 Å². The van der Waals surface area contributed by atoms with Gasteiger partial charge in [0.05, 0.1) is 21.3 Å². The van der Waals surface area contributed by atoms with Gasteiger partial charge in [-0.3, -0.25) is 4.79 Å². The first-order valence-corrected chi connectivity index (χ1v) is 10.4. The van der Waals surface area contributed by atoms with Crippen LogP contribution in [-0.2, 0) is 13.0 Å². The lowest BCUT2D eigenvalue weighted by Gasteiger charge is -2.14. The standard InChI is InChI=1S/C26H29NO5/c1-18-7-5-6-8-22(18)32-17-21-16-20(10-12-23(21)29-2)26(28)27-14-13-19-9-11-24(30-3)25(15-19)31-4/h5-12,15-16H,13-14,17H2,1-4H3,(H,27,28). The van der Waals surface area contributed by atoms with Gasteiger partial charge in [-0.05, 0) is 60.9 Å². The third-order valence-corrected chi connectivity index (χ3v) is 5.17. The highest BCUT2D eigenvalue weighted by Crippen LogP contribution is 2.28. The van der Waals surface area contributed by atoms with Crippen molar-refractivity contribution in [1.82, 2.24) is 5.32 Å². The molecule has 0 saturated carbocycles. The van der Waals surface area contributed by atoms with E-state index in [0.717, 1.165) is 22.4 Å². The van der Waals surface area contributed by atoms with Gasteiger partial charge in [0.2, 0.25) is 0 Å². The van der Waals surface area contributed by atoms with Crippen molar-refractivity contribution in [3.8, 4) is 23.0 Å². The van der Waals surface area contributed by atoms with Crippen LogP contribution in [0.5, 0.6) is 23.0 Å². The molecule has 32 heavy (non-hydrogen) atoms. The first-order valence-electron chi connectivity index (χ1n) is 10.4. The van der Waals surface area contributed by atoms with E-state index < -0.39 is 0 Å². The Kier molecular flexibility index (Phi) is 7.97. The summed E-state index contributed by atoms with van der Waals surface area (Å²) in [6.45, 7) is 2.80. The summed E-state index contributed by atoms with van der Waals surface area (Å²) >= 11 is 0. The van der Waals surface area contributed by atoms with E-state index in [1.54, 1.807) is 33.5 Å². The van der Waals surface area contributed by atoms with Crippen LogP contribution in [0.2, 0.25) is 0 Å². The Hall–Kier alpha value is -3.67. The number of hydrogen-bond donors (Lipinski definition) is 1. The number of ether oxygens (including phenoxy) is 4. The van der Waals surface area contributed by atoms with Crippen molar-refractivity contribution in [3.63, 3.8) is 0 Å². The molecule has 168 valence electrons. The average molecular weight is 436 g/mol. The number of amides is 1. The number of para-hydroxylation sites is 1. The maximum Gasteiger partial charge on any atom is 0.251 e. The number of aryl methyl sites for hydroxylation is 1. The number of rotatable bonds is 10. The van der Waals surface area contributed by atoms with Crippen molar-refractivity contribution in [2.75, 3.05) is 27.9 Å². The lowest BCUT2D eigenvalue weighted by molar-refractivity contribution is 0.0954. The average Bonchev–Trinajstić information content (AvgIpc) is 2.83. The van der Waals surface area contributed by atoms with E-state index in [-0.39, 0.29) is 5.91 Å². The monoisotopic (exact) mass is 435 g/mol. The predicted octanol–water partition coefficient (Wildman–Crippen LogP) is 4.57. The third-order valence-electron chi connectivity index (χ3n) is 5.17. The molecule has 0 aliphatic carbocycles. The van der Waals surface area contributed by atoms with E-state index in [1.807, 2.05) is 55.5 Å². The Morgan fingerprint density at radius 1 is 0.812 bits per heavy atom. The third kappa shape index (κ3) is 5.72. The van der Waals surface area contributed by atoms with Gasteiger partial charge in [0.25, 0.3) is 5.91 Å². The molecule has 0 spiro atoms. The SMILES string of the molecule is COc1ccc(C(=O)NCCc2ccc(OC)c(OC)c2)cc1COc1ccccc1C.